The van der Waals surface area contributed by atoms with E-state index in [1.807, 2.05) is 23.1 Å². The fraction of sp³-hybridized carbons (Fsp3) is 0.286. The highest BCUT2D eigenvalue weighted by Crippen LogP contribution is 2.22. The van der Waals surface area contributed by atoms with Crippen molar-refractivity contribution in [3.63, 3.8) is 0 Å². The van der Waals surface area contributed by atoms with Crippen molar-refractivity contribution in [3.8, 4) is 11.5 Å². The summed E-state index contributed by atoms with van der Waals surface area (Å²) in [6.45, 7) is 2.78. The van der Waals surface area contributed by atoms with Crippen LogP contribution in [-0.4, -0.2) is 24.7 Å². The van der Waals surface area contributed by atoms with Gasteiger partial charge in [-0.3, -0.25) is 4.79 Å². The van der Waals surface area contributed by atoms with Crippen molar-refractivity contribution < 1.29 is 14.3 Å². The number of rotatable bonds is 4. The van der Waals surface area contributed by atoms with Gasteiger partial charge in [-0.15, -0.1) is 11.3 Å². The minimum atomic E-state index is -0.313. The molecule has 0 N–H and O–H groups in total. The molecular formula is C14H16N2O3S. The maximum atomic E-state index is 12.2. The van der Waals surface area contributed by atoms with Crippen LogP contribution in [0, 0.1) is 0 Å². The summed E-state index contributed by atoms with van der Waals surface area (Å²) < 4.78 is 12.2. The molecule has 0 saturated heterocycles. The molecule has 0 bridgehead atoms. The van der Waals surface area contributed by atoms with E-state index < -0.39 is 0 Å². The van der Waals surface area contributed by atoms with E-state index in [-0.39, 0.29) is 5.91 Å². The molecular weight excluding hydrogens is 276 g/mol. The molecule has 2 aromatic rings. The van der Waals surface area contributed by atoms with E-state index in [0.717, 1.165) is 6.54 Å². The molecule has 0 aliphatic rings. The molecule has 1 aromatic carbocycles. The van der Waals surface area contributed by atoms with E-state index in [9.17, 15) is 4.79 Å². The third-order valence-corrected chi connectivity index (χ3v) is 3.59. The molecule has 0 unspecified atom stereocenters. The van der Waals surface area contributed by atoms with Crippen LogP contribution >= 0.6 is 11.3 Å². The minimum Gasteiger partial charge on any atom is -0.497 e. The molecule has 0 radical (unpaired) electrons. The van der Waals surface area contributed by atoms with Gasteiger partial charge in [0, 0.05) is 29.8 Å². The Morgan fingerprint density at radius 1 is 1.25 bits per heavy atom. The predicted octanol–water partition coefficient (Wildman–Crippen LogP) is 2.33. The van der Waals surface area contributed by atoms with Crippen molar-refractivity contribution in [2.45, 2.75) is 13.5 Å². The van der Waals surface area contributed by atoms with Gasteiger partial charge in [-0.25, -0.2) is 0 Å². The van der Waals surface area contributed by atoms with Crippen molar-refractivity contribution in [1.29, 1.82) is 0 Å². The fourth-order valence-corrected chi connectivity index (χ4v) is 2.50. The van der Waals surface area contributed by atoms with Crippen molar-refractivity contribution in [3.05, 3.63) is 40.1 Å². The lowest BCUT2D eigenvalue weighted by Crippen LogP contribution is -2.15. The van der Waals surface area contributed by atoms with Gasteiger partial charge in [0.25, 0.3) is 5.91 Å². The molecule has 106 valence electrons. The zero-order valence-corrected chi connectivity index (χ0v) is 12.4. The number of benzene rings is 1. The first-order valence-electron chi connectivity index (χ1n) is 6.14. The number of nitrogens with zero attached hydrogens (tertiary/aromatic N) is 2. The lowest BCUT2D eigenvalue weighted by Gasteiger charge is -2.06. The third-order valence-electron chi connectivity index (χ3n) is 2.80. The Balaban J connectivity index is 2.41. The number of aryl methyl sites for hydroxylation is 1. The van der Waals surface area contributed by atoms with Crippen LogP contribution in [0.5, 0.6) is 11.5 Å². The van der Waals surface area contributed by atoms with E-state index in [2.05, 4.69) is 4.99 Å². The molecule has 0 aliphatic carbocycles. The lowest BCUT2D eigenvalue weighted by molar-refractivity contribution is 0.0997. The molecule has 0 saturated carbocycles. The lowest BCUT2D eigenvalue weighted by atomic mass is 10.2. The van der Waals surface area contributed by atoms with Crippen LogP contribution in [0.1, 0.15) is 17.3 Å². The van der Waals surface area contributed by atoms with E-state index in [4.69, 9.17) is 9.47 Å². The maximum Gasteiger partial charge on any atom is 0.279 e. The average Bonchev–Trinajstić information content (AvgIpc) is 2.93. The Kier molecular flexibility index (Phi) is 4.57. The van der Waals surface area contributed by atoms with Gasteiger partial charge in [-0.2, -0.15) is 4.99 Å². The molecule has 6 heteroatoms. The summed E-state index contributed by atoms with van der Waals surface area (Å²) in [7, 11) is 3.09. The molecule has 5 nitrogen and oxygen atoms in total. The van der Waals surface area contributed by atoms with Crippen LogP contribution < -0.4 is 14.3 Å². The Bertz CT molecular complexity index is 651. The molecule has 0 atom stereocenters. The number of amides is 1. The SMILES string of the molecule is CCn1ccsc1=NC(=O)c1cc(OC)cc(OC)c1. The molecule has 0 fully saturated rings. The van der Waals surface area contributed by atoms with E-state index in [1.54, 1.807) is 32.4 Å². The first-order valence-corrected chi connectivity index (χ1v) is 7.02. The number of ether oxygens (including phenoxy) is 2. The summed E-state index contributed by atoms with van der Waals surface area (Å²) in [6, 6.07) is 5.02. The first kappa shape index (κ1) is 14.3. The topological polar surface area (TPSA) is 52.8 Å². The van der Waals surface area contributed by atoms with Gasteiger partial charge >= 0.3 is 0 Å². The fourth-order valence-electron chi connectivity index (χ4n) is 1.71. The van der Waals surface area contributed by atoms with Gasteiger partial charge in [0.15, 0.2) is 4.80 Å². The third kappa shape index (κ3) is 3.08. The highest BCUT2D eigenvalue weighted by Gasteiger charge is 2.09. The molecule has 2 rings (SSSR count). The van der Waals surface area contributed by atoms with Crippen molar-refractivity contribution >= 4 is 17.2 Å². The predicted molar refractivity (Wildman–Crippen MR) is 77.4 cm³/mol. The van der Waals surface area contributed by atoms with Crippen LogP contribution in [0.25, 0.3) is 0 Å². The summed E-state index contributed by atoms with van der Waals surface area (Å²) in [5, 5.41) is 1.90. The Hall–Kier alpha value is -2.08. The second kappa shape index (κ2) is 6.38. The van der Waals surface area contributed by atoms with Crippen LogP contribution in [-0.2, 0) is 6.54 Å². The largest absolute Gasteiger partial charge is 0.497 e. The average molecular weight is 292 g/mol. The first-order chi connectivity index (χ1) is 9.67. The van der Waals surface area contributed by atoms with Crippen LogP contribution in [0.4, 0.5) is 0 Å². The zero-order valence-electron chi connectivity index (χ0n) is 11.6. The smallest absolute Gasteiger partial charge is 0.279 e. The standard InChI is InChI=1S/C14H16N2O3S/c1-4-16-5-6-20-14(16)15-13(17)10-7-11(18-2)9-12(8-10)19-3/h5-9H,4H2,1-3H3. The van der Waals surface area contributed by atoms with Gasteiger partial charge in [0.05, 0.1) is 14.2 Å². The molecule has 0 spiro atoms. The second-order valence-corrected chi connectivity index (χ2v) is 4.86. The summed E-state index contributed by atoms with van der Waals surface area (Å²) >= 11 is 1.43. The molecule has 1 aromatic heterocycles. The number of methoxy groups -OCH3 is 2. The molecule has 1 heterocycles. The van der Waals surface area contributed by atoms with Crippen LogP contribution in [0.15, 0.2) is 34.8 Å². The molecule has 0 aliphatic heterocycles. The highest BCUT2D eigenvalue weighted by molar-refractivity contribution is 7.07. The number of thiazole rings is 1. The second-order valence-electron chi connectivity index (χ2n) is 3.99. The van der Waals surface area contributed by atoms with Gasteiger partial charge in [-0.1, -0.05) is 0 Å². The van der Waals surface area contributed by atoms with Gasteiger partial charge in [-0.05, 0) is 19.1 Å². The van der Waals surface area contributed by atoms with Crippen LogP contribution in [0.2, 0.25) is 0 Å². The monoisotopic (exact) mass is 292 g/mol. The Labute approximate surface area is 121 Å². The van der Waals surface area contributed by atoms with E-state index in [1.165, 1.54) is 11.3 Å². The van der Waals surface area contributed by atoms with Crippen molar-refractivity contribution in [2.75, 3.05) is 14.2 Å². The van der Waals surface area contributed by atoms with Gasteiger partial charge in [0.1, 0.15) is 11.5 Å². The molecule has 1 amide bonds. The number of hydrogen-bond acceptors (Lipinski definition) is 4. The van der Waals surface area contributed by atoms with E-state index >= 15 is 0 Å². The Morgan fingerprint density at radius 3 is 2.45 bits per heavy atom. The quantitative estimate of drug-likeness (QED) is 0.869. The Morgan fingerprint density at radius 2 is 1.90 bits per heavy atom. The van der Waals surface area contributed by atoms with Crippen molar-refractivity contribution in [2.24, 2.45) is 4.99 Å². The number of carbonyl (C=O) groups excluding carboxylic acids is 1. The van der Waals surface area contributed by atoms with Gasteiger partial charge < -0.3 is 14.0 Å². The number of carbonyl (C=O) groups is 1. The van der Waals surface area contributed by atoms with Crippen molar-refractivity contribution in [1.82, 2.24) is 4.57 Å². The summed E-state index contributed by atoms with van der Waals surface area (Å²) in [4.78, 5) is 17.1. The number of aromatic nitrogens is 1. The number of hydrogen-bond donors (Lipinski definition) is 0. The maximum absolute atomic E-state index is 12.2. The summed E-state index contributed by atoms with van der Waals surface area (Å²) in [5.74, 6) is 0.821. The molecule has 20 heavy (non-hydrogen) atoms. The van der Waals surface area contributed by atoms with E-state index in [0.29, 0.717) is 21.9 Å². The minimum absolute atomic E-state index is 0.313. The van der Waals surface area contributed by atoms with Crippen LogP contribution in [0.3, 0.4) is 0 Å². The van der Waals surface area contributed by atoms with Gasteiger partial charge in [0.2, 0.25) is 0 Å². The normalized spacial score (nSPS) is 11.4. The zero-order chi connectivity index (χ0) is 14.5. The summed E-state index contributed by atoms with van der Waals surface area (Å²) in [6.07, 6.45) is 1.91. The highest BCUT2D eigenvalue weighted by atomic mass is 32.1. The summed E-state index contributed by atoms with van der Waals surface area (Å²) in [5.41, 5.74) is 0.442.